The van der Waals surface area contributed by atoms with E-state index in [1.165, 1.54) is 24.5 Å². The summed E-state index contributed by atoms with van der Waals surface area (Å²) in [5, 5.41) is 18.5. The number of nitrogens with one attached hydrogen (secondary N) is 1. The molecule has 0 aliphatic carbocycles. The van der Waals surface area contributed by atoms with Gasteiger partial charge in [-0.1, -0.05) is 11.6 Å². The van der Waals surface area contributed by atoms with Crippen molar-refractivity contribution in [3.8, 4) is 11.6 Å². The first-order valence-corrected chi connectivity index (χ1v) is 5.64. The zero-order valence-electron chi connectivity index (χ0n) is 9.91. The van der Waals surface area contributed by atoms with Crippen LogP contribution in [-0.2, 0) is 0 Å². The summed E-state index contributed by atoms with van der Waals surface area (Å²) >= 11 is 5.70. The Bertz CT molecular complexity index is 692. The van der Waals surface area contributed by atoms with Crippen LogP contribution in [0.4, 0.5) is 5.69 Å². The Morgan fingerprint density at radius 2 is 2.10 bits per heavy atom. The van der Waals surface area contributed by atoms with Gasteiger partial charge in [-0.3, -0.25) is 15.5 Å². The fourth-order valence-electron chi connectivity index (χ4n) is 1.41. The molecule has 0 saturated heterocycles. The predicted molar refractivity (Wildman–Crippen MR) is 71.2 cm³/mol. The van der Waals surface area contributed by atoms with Crippen LogP contribution in [-0.4, -0.2) is 20.7 Å². The molecule has 3 N–H and O–H groups in total. The van der Waals surface area contributed by atoms with Gasteiger partial charge in [-0.05, 0) is 12.1 Å². The van der Waals surface area contributed by atoms with E-state index in [-0.39, 0.29) is 33.9 Å². The second kappa shape index (κ2) is 5.49. The van der Waals surface area contributed by atoms with Crippen molar-refractivity contribution in [3.63, 3.8) is 0 Å². The van der Waals surface area contributed by atoms with Crippen LogP contribution in [0.1, 0.15) is 5.69 Å². The molecule has 9 heteroatoms. The minimum absolute atomic E-state index is 0.00301. The number of nitrogen functional groups attached to an aromatic ring is 1. The molecule has 0 spiro atoms. The van der Waals surface area contributed by atoms with E-state index < -0.39 is 4.92 Å². The molecule has 2 rings (SSSR count). The highest BCUT2D eigenvalue weighted by Gasteiger charge is 2.19. The third-order valence-electron chi connectivity index (χ3n) is 2.24. The van der Waals surface area contributed by atoms with E-state index in [0.717, 1.165) is 6.07 Å². The molecule has 2 aromatic rings. The predicted octanol–water partition coefficient (Wildman–Crippen LogP) is 2.11. The Kier molecular flexibility index (Phi) is 3.76. The molecule has 0 amide bonds. The summed E-state index contributed by atoms with van der Waals surface area (Å²) in [5.74, 6) is -0.516. The standard InChI is InChI=1S/C11H8ClN5O3/c12-6-1-2-8(7(5-6)17(18)19)20-11-9(10(13)14)15-3-4-16-11/h1-5H,(H3,13,14). The van der Waals surface area contributed by atoms with Crippen molar-refractivity contribution in [2.24, 2.45) is 5.73 Å². The lowest BCUT2D eigenvalue weighted by molar-refractivity contribution is -0.385. The van der Waals surface area contributed by atoms with Crippen LogP contribution in [0.15, 0.2) is 30.6 Å². The second-order valence-corrected chi connectivity index (χ2v) is 4.03. The highest BCUT2D eigenvalue weighted by Crippen LogP contribution is 2.33. The monoisotopic (exact) mass is 293 g/mol. The van der Waals surface area contributed by atoms with Gasteiger partial charge in [0.2, 0.25) is 11.6 Å². The molecule has 0 fully saturated rings. The molecule has 1 aromatic carbocycles. The molecule has 0 aliphatic rings. The van der Waals surface area contributed by atoms with E-state index in [1.54, 1.807) is 0 Å². The van der Waals surface area contributed by atoms with Gasteiger partial charge < -0.3 is 10.5 Å². The Balaban J connectivity index is 2.45. The van der Waals surface area contributed by atoms with Gasteiger partial charge in [0.1, 0.15) is 5.84 Å². The lowest BCUT2D eigenvalue weighted by Gasteiger charge is -2.08. The molecule has 0 atom stereocenters. The highest BCUT2D eigenvalue weighted by atomic mass is 35.5. The van der Waals surface area contributed by atoms with Crippen LogP contribution >= 0.6 is 11.6 Å². The van der Waals surface area contributed by atoms with E-state index in [1.807, 2.05) is 0 Å². The van der Waals surface area contributed by atoms with Crippen molar-refractivity contribution in [2.75, 3.05) is 0 Å². The molecule has 0 saturated carbocycles. The summed E-state index contributed by atoms with van der Waals surface area (Å²) < 4.78 is 5.32. The summed E-state index contributed by atoms with van der Waals surface area (Å²) in [4.78, 5) is 18.0. The number of hydrogen-bond acceptors (Lipinski definition) is 6. The number of rotatable bonds is 4. The quantitative estimate of drug-likeness (QED) is 0.384. The zero-order valence-corrected chi connectivity index (χ0v) is 10.7. The van der Waals surface area contributed by atoms with Crippen molar-refractivity contribution in [1.82, 2.24) is 9.97 Å². The molecule has 1 aromatic heterocycles. The van der Waals surface area contributed by atoms with Gasteiger partial charge >= 0.3 is 5.69 Å². The third-order valence-corrected chi connectivity index (χ3v) is 2.48. The molecular weight excluding hydrogens is 286 g/mol. The molecule has 20 heavy (non-hydrogen) atoms. The largest absolute Gasteiger partial charge is 0.430 e. The van der Waals surface area contributed by atoms with Gasteiger partial charge in [0, 0.05) is 23.5 Å². The molecule has 0 unspecified atom stereocenters. The van der Waals surface area contributed by atoms with Gasteiger partial charge in [0.05, 0.1) is 4.92 Å². The van der Waals surface area contributed by atoms with Crippen LogP contribution < -0.4 is 10.5 Å². The second-order valence-electron chi connectivity index (χ2n) is 3.59. The summed E-state index contributed by atoms with van der Waals surface area (Å²) in [6.07, 6.45) is 2.66. The van der Waals surface area contributed by atoms with Crippen molar-refractivity contribution >= 4 is 23.1 Å². The maximum Gasteiger partial charge on any atom is 0.313 e. The van der Waals surface area contributed by atoms with E-state index in [4.69, 9.17) is 27.5 Å². The number of amidine groups is 1. The van der Waals surface area contributed by atoms with Crippen LogP contribution in [0.25, 0.3) is 0 Å². The van der Waals surface area contributed by atoms with Crippen LogP contribution in [0, 0.1) is 15.5 Å². The minimum Gasteiger partial charge on any atom is -0.430 e. The highest BCUT2D eigenvalue weighted by molar-refractivity contribution is 6.30. The Morgan fingerprint density at radius 3 is 2.75 bits per heavy atom. The molecule has 0 radical (unpaired) electrons. The van der Waals surface area contributed by atoms with E-state index in [9.17, 15) is 10.1 Å². The molecule has 102 valence electrons. The number of halogens is 1. The topological polar surface area (TPSA) is 128 Å². The van der Waals surface area contributed by atoms with Crippen molar-refractivity contribution in [3.05, 3.63) is 51.4 Å². The number of hydrogen-bond donors (Lipinski definition) is 2. The number of benzene rings is 1. The van der Waals surface area contributed by atoms with Crippen molar-refractivity contribution < 1.29 is 9.66 Å². The normalized spacial score (nSPS) is 10.1. The molecule has 0 bridgehead atoms. The number of nitrogens with zero attached hydrogens (tertiary/aromatic N) is 3. The Hall–Kier alpha value is -2.74. The van der Waals surface area contributed by atoms with Gasteiger partial charge in [0.15, 0.2) is 5.69 Å². The van der Waals surface area contributed by atoms with E-state index in [2.05, 4.69) is 9.97 Å². The number of aromatic nitrogens is 2. The average molecular weight is 294 g/mol. The van der Waals surface area contributed by atoms with E-state index >= 15 is 0 Å². The molecule has 0 aliphatic heterocycles. The first-order valence-electron chi connectivity index (χ1n) is 5.26. The Morgan fingerprint density at radius 1 is 1.40 bits per heavy atom. The summed E-state index contributed by atoms with van der Waals surface area (Å²) in [6.45, 7) is 0. The average Bonchev–Trinajstić information content (AvgIpc) is 2.41. The first-order chi connectivity index (χ1) is 9.49. The maximum absolute atomic E-state index is 10.9. The van der Waals surface area contributed by atoms with Crippen LogP contribution in [0.5, 0.6) is 11.6 Å². The third kappa shape index (κ3) is 2.81. The minimum atomic E-state index is -0.634. The maximum atomic E-state index is 10.9. The summed E-state index contributed by atoms with van der Waals surface area (Å²) in [6, 6.07) is 3.92. The number of ether oxygens (including phenoxy) is 1. The van der Waals surface area contributed by atoms with Crippen LogP contribution in [0.3, 0.4) is 0 Å². The number of nitrogens with two attached hydrogens (primary N) is 1. The van der Waals surface area contributed by atoms with Crippen LogP contribution in [0.2, 0.25) is 5.02 Å². The molecular formula is C11H8ClN5O3. The summed E-state index contributed by atoms with van der Waals surface area (Å²) in [7, 11) is 0. The lowest BCUT2D eigenvalue weighted by atomic mass is 10.3. The molecule has 8 nitrogen and oxygen atoms in total. The fourth-order valence-corrected chi connectivity index (χ4v) is 1.57. The smallest absolute Gasteiger partial charge is 0.313 e. The SMILES string of the molecule is N=C(N)c1nccnc1Oc1ccc(Cl)cc1[N+](=O)[O-]. The van der Waals surface area contributed by atoms with Gasteiger partial charge in [-0.2, -0.15) is 0 Å². The van der Waals surface area contributed by atoms with Gasteiger partial charge in [-0.15, -0.1) is 0 Å². The number of nitro groups is 1. The number of nitro benzene ring substituents is 1. The Labute approximate surface area is 117 Å². The lowest BCUT2D eigenvalue weighted by Crippen LogP contribution is -2.15. The first kappa shape index (κ1) is 13.7. The van der Waals surface area contributed by atoms with E-state index in [0.29, 0.717) is 0 Å². The van der Waals surface area contributed by atoms with Crippen molar-refractivity contribution in [1.29, 1.82) is 5.41 Å². The van der Waals surface area contributed by atoms with Crippen molar-refractivity contribution in [2.45, 2.75) is 0 Å². The van der Waals surface area contributed by atoms with Gasteiger partial charge in [0.25, 0.3) is 0 Å². The molecule has 1 heterocycles. The summed E-state index contributed by atoms with van der Waals surface area (Å²) in [5.41, 5.74) is 5.01. The fraction of sp³-hybridized carbons (Fsp3) is 0. The van der Waals surface area contributed by atoms with Gasteiger partial charge in [-0.25, -0.2) is 9.97 Å². The zero-order chi connectivity index (χ0) is 14.7.